The number of hydrogen-bond acceptors (Lipinski definition) is 5. The number of hydrogen-bond donors (Lipinski definition) is 2. The number of para-hydroxylation sites is 1. The SMILES string of the molecule is Cn1ccc(NC(=O)Cn2nc(C3CCNCC3)n(-c3ccccc3)c2=O)n1. The first-order valence-corrected chi connectivity index (χ1v) is 9.37. The molecule has 9 nitrogen and oxygen atoms in total. The number of nitrogens with one attached hydrogen (secondary N) is 2. The minimum absolute atomic E-state index is 0.160. The lowest BCUT2D eigenvalue weighted by molar-refractivity contribution is -0.117. The van der Waals surface area contributed by atoms with Crippen molar-refractivity contribution in [3.05, 3.63) is 58.9 Å². The molecule has 1 amide bonds. The van der Waals surface area contributed by atoms with E-state index in [0.29, 0.717) is 11.6 Å². The number of piperidine rings is 1. The number of anilines is 1. The number of carbonyl (C=O) groups excluding carboxylic acids is 1. The Hall–Kier alpha value is -3.20. The number of carbonyl (C=O) groups is 1. The van der Waals surface area contributed by atoms with Crippen LogP contribution >= 0.6 is 0 Å². The molecule has 3 heterocycles. The van der Waals surface area contributed by atoms with E-state index in [-0.39, 0.29) is 24.1 Å². The summed E-state index contributed by atoms with van der Waals surface area (Å²) >= 11 is 0. The average Bonchev–Trinajstić information content (AvgIpc) is 3.26. The van der Waals surface area contributed by atoms with E-state index >= 15 is 0 Å². The summed E-state index contributed by atoms with van der Waals surface area (Å²) in [6, 6.07) is 11.1. The summed E-state index contributed by atoms with van der Waals surface area (Å²) in [5, 5.41) is 14.7. The number of aromatic nitrogens is 5. The molecule has 1 aliphatic rings. The highest BCUT2D eigenvalue weighted by Gasteiger charge is 2.25. The molecule has 9 heteroatoms. The zero-order chi connectivity index (χ0) is 19.5. The van der Waals surface area contributed by atoms with Gasteiger partial charge in [0.2, 0.25) is 5.91 Å². The van der Waals surface area contributed by atoms with Crippen LogP contribution in [0.1, 0.15) is 24.6 Å². The van der Waals surface area contributed by atoms with Crippen LogP contribution in [0.3, 0.4) is 0 Å². The number of nitrogens with zero attached hydrogens (tertiary/aromatic N) is 5. The van der Waals surface area contributed by atoms with Crippen molar-refractivity contribution in [2.45, 2.75) is 25.3 Å². The predicted molar refractivity (Wildman–Crippen MR) is 105 cm³/mol. The fraction of sp³-hybridized carbons (Fsp3) is 0.368. The lowest BCUT2D eigenvalue weighted by atomic mass is 9.97. The molecule has 0 saturated carbocycles. The maximum Gasteiger partial charge on any atom is 0.351 e. The molecule has 0 spiro atoms. The van der Waals surface area contributed by atoms with E-state index in [4.69, 9.17) is 0 Å². The number of aryl methyl sites for hydroxylation is 1. The first-order valence-electron chi connectivity index (χ1n) is 9.37. The molecule has 3 aromatic rings. The lowest BCUT2D eigenvalue weighted by Gasteiger charge is -2.22. The third-order valence-electron chi connectivity index (χ3n) is 4.86. The molecule has 0 bridgehead atoms. The van der Waals surface area contributed by atoms with Gasteiger partial charge in [0.15, 0.2) is 5.82 Å². The van der Waals surface area contributed by atoms with Gasteiger partial charge in [0, 0.05) is 25.2 Å². The number of amides is 1. The summed E-state index contributed by atoms with van der Waals surface area (Å²) in [4.78, 5) is 25.5. The second-order valence-electron chi connectivity index (χ2n) is 6.92. The summed E-state index contributed by atoms with van der Waals surface area (Å²) in [7, 11) is 1.77. The van der Waals surface area contributed by atoms with Gasteiger partial charge >= 0.3 is 5.69 Å². The van der Waals surface area contributed by atoms with Gasteiger partial charge in [0.25, 0.3) is 0 Å². The fourth-order valence-electron chi connectivity index (χ4n) is 3.49. The van der Waals surface area contributed by atoms with Crippen LogP contribution in [0.5, 0.6) is 0 Å². The van der Waals surface area contributed by atoms with Crippen LogP contribution in [0, 0.1) is 0 Å². The molecule has 4 rings (SSSR count). The van der Waals surface area contributed by atoms with Crippen LogP contribution in [-0.2, 0) is 18.4 Å². The maximum absolute atomic E-state index is 13.1. The van der Waals surface area contributed by atoms with Crippen LogP contribution in [0.25, 0.3) is 5.69 Å². The van der Waals surface area contributed by atoms with Crippen molar-refractivity contribution < 1.29 is 4.79 Å². The number of benzene rings is 1. The topological polar surface area (TPSA) is 98.8 Å². The molecule has 1 fully saturated rings. The van der Waals surface area contributed by atoms with E-state index in [1.165, 1.54) is 4.68 Å². The second kappa shape index (κ2) is 7.81. The molecule has 0 radical (unpaired) electrons. The Labute approximate surface area is 162 Å². The van der Waals surface area contributed by atoms with Crippen molar-refractivity contribution in [2.75, 3.05) is 18.4 Å². The smallest absolute Gasteiger partial charge is 0.317 e. The Morgan fingerprint density at radius 3 is 2.61 bits per heavy atom. The minimum Gasteiger partial charge on any atom is -0.317 e. The van der Waals surface area contributed by atoms with Crippen molar-refractivity contribution in [3.63, 3.8) is 0 Å². The van der Waals surface area contributed by atoms with Crippen LogP contribution < -0.4 is 16.3 Å². The zero-order valence-corrected chi connectivity index (χ0v) is 15.7. The van der Waals surface area contributed by atoms with Crippen molar-refractivity contribution in [1.82, 2.24) is 29.4 Å². The van der Waals surface area contributed by atoms with Gasteiger partial charge in [-0.1, -0.05) is 18.2 Å². The van der Waals surface area contributed by atoms with Crippen LogP contribution in [0.4, 0.5) is 5.82 Å². The van der Waals surface area contributed by atoms with Gasteiger partial charge in [-0.2, -0.15) is 10.2 Å². The van der Waals surface area contributed by atoms with Crippen LogP contribution in [0.2, 0.25) is 0 Å². The largest absolute Gasteiger partial charge is 0.351 e. The molecule has 1 aromatic carbocycles. The average molecular weight is 381 g/mol. The molecular formula is C19H23N7O2. The Balaban J connectivity index is 1.65. The van der Waals surface area contributed by atoms with E-state index in [0.717, 1.165) is 31.6 Å². The first-order chi connectivity index (χ1) is 13.6. The molecule has 28 heavy (non-hydrogen) atoms. The monoisotopic (exact) mass is 381 g/mol. The van der Waals surface area contributed by atoms with E-state index in [2.05, 4.69) is 20.8 Å². The van der Waals surface area contributed by atoms with Gasteiger partial charge in [0.1, 0.15) is 12.4 Å². The van der Waals surface area contributed by atoms with Gasteiger partial charge in [-0.25, -0.2) is 14.0 Å². The van der Waals surface area contributed by atoms with Crippen LogP contribution in [0.15, 0.2) is 47.4 Å². The standard InChI is InChI=1S/C19H23N7O2/c1-24-12-9-16(22-24)21-17(27)13-25-19(28)26(15-5-3-2-4-6-15)18(23-25)14-7-10-20-11-8-14/h2-6,9,12,14,20H,7-8,10-11,13H2,1H3,(H,21,22,27). The highest BCUT2D eigenvalue weighted by molar-refractivity contribution is 5.89. The second-order valence-corrected chi connectivity index (χ2v) is 6.92. The van der Waals surface area contributed by atoms with E-state index in [1.54, 1.807) is 28.6 Å². The fourth-order valence-corrected chi connectivity index (χ4v) is 3.49. The summed E-state index contributed by atoms with van der Waals surface area (Å²) in [5.41, 5.74) is 0.452. The molecule has 1 saturated heterocycles. The highest BCUT2D eigenvalue weighted by atomic mass is 16.2. The normalized spacial score (nSPS) is 14.9. The predicted octanol–water partition coefficient (Wildman–Crippen LogP) is 0.873. The summed E-state index contributed by atoms with van der Waals surface area (Å²) in [6.45, 7) is 1.62. The van der Waals surface area contributed by atoms with Gasteiger partial charge in [0.05, 0.1) is 5.69 Å². The van der Waals surface area contributed by atoms with Crippen molar-refractivity contribution in [1.29, 1.82) is 0 Å². The minimum atomic E-state index is -0.338. The van der Waals surface area contributed by atoms with Gasteiger partial charge in [-0.15, -0.1) is 0 Å². The third kappa shape index (κ3) is 3.74. The summed E-state index contributed by atoms with van der Waals surface area (Å²) in [5.74, 6) is 0.995. The summed E-state index contributed by atoms with van der Waals surface area (Å²) in [6.07, 6.45) is 3.55. The van der Waals surface area contributed by atoms with E-state index in [1.807, 2.05) is 30.3 Å². The first kappa shape index (κ1) is 18.2. The molecule has 146 valence electrons. The molecule has 0 atom stereocenters. The Morgan fingerprint density at radius 2 is 1.93 bits per heavy atom. The zero-order valence-electron chi connectivity index (χ0n) is 15.7. The molecule has 0 aliphatic carbocycles. The molecule has 0 unspecified atom stereocenters. The van der Waals surface area contributed by atoms with Crippen molar-refractivity contribution >= 4 is 11.7 Å². The van der Waals surface area contributed by atoms with Crippen molar-refractivity contribution in [3.8, 4) is 5.69 Å². The van der Waals surface area contributed by atoms with E-state index < -0.39 is 0 Å². The van der Waals surface area contributed by atoms with Crippen molar-refractivity contribution in [2.24, 2.45) is 7.05 Å². The van der Waals surface area contributed by atoms with Gasteiger partial charge in [-0.3, -0.25) is 9.48 Å². The third-order valence-corrected chi connectivity index (χ3v) is 4.86. The van der Waals surface area contributed by atoms with E-state index in [9.17, 15) is 9.59 Å². The summed E-state index contributed by atoms with van der Waals surface area (Å²) < 4.78 is 4.47. The Morgan fingerprint density at radius 1 is 1.18 bits per heavy atom. The lowest BCUT2D eigenvalue weighted by Crippen LogP contribution is -2.30. The van der Waals surface area contributed by atoms with Crippen LogP contribution in [-0.4, -0.2) is 43.1 Å². The van der Waals surface area contributed by atoms with Gasteiger partial charge < -0.3 is 10.6 Å². The van der Waals surface area contributed by atoms with Gasteiger partial charge in [-0.05, 0) is 38.1 Å². The highest BCUT2D eigenvalue weighted by Crippen LogP contribution is 2.24. The Bertz CT molecular complexity index is 1010. The molecule has 1 aliphatic heterocycles. The quantitative estimate of drug-likeness (QED) is 0.683. The maximum atomic E-state index is 13.1. The molecule has 2 N–H and O–H groups in total. The number of rotatable bonds is 5. The Kier molecular flexibility index (Phi) is 5.07. The molecule has 2 aromatic heterocycles. The molecular weight excluding hydrogens is 358 g/mol.